The molecule has 1 amide bonds. The minimum absolute atomic E-state index is 0.0260. The van der Waals surface area contributed by atoms with Gasteiger partial charge in [-0.15, -0.1) is 0 Å². The number of hydrogen-bond donors (Lipinski definition) is 2. The molecule has 0 atom stereocenters. The SMILES string of the molecule is C=C(CCCN)C(=O)NCCCC. The van der Waals surface area contributed by atoms with Crippen molar-refractivity contribution in [1.82, 2.24) is 5.32 Å². The van der Waals surface area contributed by atoms with Crippen molar-refractivity contribution in [1.29, 1.82) is 0 Å². The van der Waals surface area contributed by atoms with E-state index in [1.807, 2.05) is 0 Å². The van der Waals surface area contributed by atoms with Gasteiger partial charge in [-0.3, -0.25) is 4.79 Å². The number of carbonyl (C=O) groups is 1. The van der Waals surface area contributed by atoms with E-state index in [1.54, 1.807) is 0 Å². The van der Waals surface area contributed by atoms with Gasteiger partial charge in [0.2, 0.25) is 5.91 Å². The first-order chi connectivity index (χ1) is 6.22. The Labute approximate surface area is 80.4 Å². The molecule has 0 fully saturated rings. The van der Waals surface area contributed by atoms with Gasteiger partial charge in [0, 0.05) is 12.1 Å². The van der Waals surface area contributed by atoms with Crippen LogP contribution in [0.2, 0.25) is 0 Å². The summed E-state index contributed by atoms with van der Waals surface area (Å²) in [5.74, 6) is -0.0260. The fourth-order valence-corrected chi connectivity index (χ4v) is 0.933. The van der Waals surface area contributed by atoms with Crippen molar-refractivity contribution in [3.05, 3.63) is 12.2 Å². The van der Waals surface area contributed by atoms with Crippen molar-refractivity contribution in [3.8, 4) is 0 Å². The van der Waals surface area contributed by atoms with E-state index in [2.05, 4.69) is 18.8 Å². The van der Waals surface area contributed by atoms with E-state index in [9.17, 15) is 4.79 Å². The van der Waals surface area contributed by atoms with Crippen LogP contribution in [0.15, 0.2) is 12.2 Å². The summed E-state index contributed by atoms with van der Waals surface area (Å²) in [6, 6.07) is 0. The Hall–Kier alpha value is -0.830. The fourth-order valence-electron chi connectivity index (χ4n) is 0.933. The van der Waals surface area contributed by atoms with Crippen LogP contribution in [0.5, 0.6) is 0 Å². The highest BCUT2D eigenvalue weighted by atomic mass is 16.1. The number of unbranched alkanes of at least 4 members (excludes halogenated alkanes) is 1. The lowest BCUT2D eigenvalue weighted by Crippen LogP contribution is -2.25. The first-order valence-corrected chi connectivity index (χ1v) is 4.88. The van der Waals surface area contributed by atoms with Gasteiger partial charge in [0.25, 0.3) is 0 Å². The number of nitrogens with one attached hydrogen (secondary N) is 1. The molecule has 3 nitrogen and oxygen atoms in total. The van der Waals surface area contributed by atoms with Crippen LogP contribution in [0.3, 0.4) is 0 Å². The summed E-state index contributed by atoms with van der Waals surface area (Å²) in [7, 11) is 0. The molecule has 0 aliphatic heterocycles. The Morgan fingerprint density at radius 1 is 1.46 bits per heavy atom. The Bertz CT molecular complexity index is 166. The summed E-state index contributed by atoms with van der Waals surface area (Å²) in [6.45, 7) is 7.16. The van der Waals surface area contributed by atoms with E-state index >= 15 is 0 Å². The van der Waals surface area contributed by atoms with Gasteiger partial charge in [0.1, 0.15) is 0 Å². The van der Waals surface area contributed by atoms with Crippen LogP contribution in [0.4, 0.5) is 0 Å². The Morgan fingerprint density at radius 2 is 2.15 bits per heavy atom. The molecule has 0 aromatic heterocycles. The lowest BCUT2D eigenvalue weighted by molar-refractivity contribution is -0.117. The Kier molecular flexibility index (Phi) is 7.30. The summed E-state index contributed by atoms with van der Waals surface area (Å²) in [4.78, 5) is 11.3. The first kappa shape index (κ1) is 12.2. The smallest absolute Gasteiger partial charge is 0.246 e. The molecule has 0 aliphatic carbocycles. The van der Waals surface area contributed by atoms with E-state index < -0.39 is 0 Å². The minimum atomic E-state index is -0.0260. The van der Waals surface area contributed by atoms with Crippen LogP contribution in [0.25, 0.3) is 0 Å². The maximum Gasteiger partial charge on any atom is 0.246 e. The topological polar surface area (TPSA) is 55.1 Å². The summed E-state index contributed by atoms with van der Waals surface area (Å²) in [6.07, 6.45) is 3.65. The van der Waals surface area contributed by atoms with Crippen molar-refractivity contribution >= 4 is 5.91 Å². The van der Waals surface area contributed by atoms with Crippen LogP contribution < -0.4 is 11.1 Å². The highest BCUT2D eigenvalue weighted by Crippen LogP contribution is 2.00. The molecule has 3 N–H and O–H groups in total. The fraction of sp³-hybridized carbons (Fsp3) is 0.700. The summed E-state index contributed by atoms with van der Waals surface area (Å²) < 4.78 is 0. The average Bonchev–Trinajstić information content (AvgIpc) is 2.14. The maximum absolute atomic E-state index is 11.3. The first-order valence-electron chi connectivity index (χ1n) is 4.88. The number of nitrogens with two attached hydrogens (primary N) is 1. The lowest BCUT2D eigenvalue weighted by atomic mass is 10.1. The summed E-state index contributed by atoms with van der Waals surface area (Å²) in [5.41, 5.74) is 5.97. The van der Waals surface area contributed by atoms with Crippen molar-refractivity contribution in [2.24, 2.45) is 5.73 Å². The third kappa shape index (κ3) is 6.34. The Balaban J connectivity index is 3.51. The lowest BCUT2D eigenvalue weighted by Gasteiger charge is -2.05. The van der Waals surface area contributed by atoms with Crippen molar-refractivity contribution in [3.63, 3.8) is 0 Å². The van der Waals surface area contributed by atoms with Gasteiger partial charge in [-0.1, -0.05) is 19.9 Å². The highest BCUT2D eigenvalue weighted by molar-refractivity contribution is 5.92. The van der Waals surface area contributed by atoms with Gasteiger partial charge in [0.15, 0.2) is 0 Å². The molecule has 0 radical (unpaired) electrons. The zero-order valence-electron chi connectivity index (χ0n) is 8.44. The second-order valence-corrected chi connectivity index (χ2v) is 3.11. The zero-order valence-corrected chi connectivity index (χ0v) is 8.44. The van der Waals surface area contributed by atoms with Crippen LogP contribution in [-0.4, -0.2) is 19.0 Å². The van der Waals surface area contributed by atoms with E-state index in [4.69, 9.17) is 5.73 Å². The van der Waals surface area contributed by atoms with Crippen molar-refractivity contribution in [2.45, 2.75) is 32.6 Å². The third-order valence-corrected chi connectivity index (χ3v) is 1.82. The quantitative estimate of drug-likeness (QED) is 0.461. The maximum atomic E-state index is 11.3. The highest BCUT2D eigenvalue weighted by Gasteiger charge is 2.04. The van der Waals surface area contributed by atoms with Crippen molar-refractivity contribution < 1.29 is 4.79 Å². The van der Waals surface area contributed by atoms with E-state index in [-0.39, 0.29) is 5.91 Å². The summed E-state index contributed by atoms with van der Waals surface area (Å²) in [5, 5.41) is 2.81. The molecule has 0 unspecified atom stereocenters. The predicted octanol–water partition coefficient (Wildman–Crippen LogP) is 1.20. The third-order valence-electron chi connectivity index (χ3n) is 1.82. The zero-order chi connectivity index (χ0) is 10.1. The molecule has 0 heterocycles. The molecular formula is C10H20N2O. The molecule has 0 rings (SSSR count). The number of hydrogen-bond acceptors (Lipinski definition) is 2. The second kappa shape index (κ2) is 7.80. The van der Waals surface area contributed by atoms with E-state index in [0.29, 0.717) is 18.5 Å². The molecular weight excluding hydrogens is 164 g/mol. The van der Waals surface area contributed by atoms with Gasteiger partial charge in [-0.25, -0.2) is 0 Å². The van der Waals surface area contributed by atoms with Gasteiger partial charge >= 0.3 is 0 Å². The average molecular weight is 184 g/mol. The number of amides is 1. The molecule has 13 heavy (non-hydrogen) atoms. The van der Waals surface area contributed by atoms with Gasteiger partial charge < -0.3 is 11.1 Å². The molecule has 0 bridgehead atoms. The van der Waals surface area contributed by atoms with E-state index in [1.165, 1.54) is 0 Å². The monoisotopic (exact) mass is 184 g/mol. The molecule has 0 saturated heterocycles. The normalized spacial score (nSPS) is 9.69. The van der Waals surface area contributed by atoms with E-state index in [0.717, 1.165) is 25.8 Å². The molecule has 0 spiro atoms. The predicted molar refractivity (Wildman–Crippen MR) is 55.3 cm³/mol. The Morgan fingerprint density at radius 3 is 2.69 bits per heavy atom. The van der Waals surface area contributed by atoms with Gasteiger partial charge in [-0.2, -0.15) is 0 Å². The standard InChI is InChI=1S/C10H20N2O/c1-3-4-8-12-10(13)9(2)6-5-7-11/h2-8,11H2,1H3,(H,12,13). The largest absolute Gasteiger partial charge is 0.352 e. The molecule has 76 valence electrons. The molecule has 3 heteroatoms. The molecule has 0 aromatic rings. The number of rotatable bonds is 7. The van der Waals surface area contributed by atoms with Crippen LogP contribution in [0, 0.1) is 0 Å². The van der Waals surface area contributed by atoms with Crippen LogP contribution in [-0.2, 0) is 4.79 Å². The van der Waals surface area contributed by atoms with Crippen LogP contribution >= 0.6 is 0 Å². The molecule has 0 aliphatic rings. The van der Waals surface area contributed by atoms with Crippen LogP contribution in [0.1, 0.15) is 32.6 Å². The van der Waals surface area contributed by atoms with Gasteiger partial charge in [-0.05, 0) is 25.8 Å². The number of carbonyl (C=O) groups excluding carboxylic acids is 1. The van der Waals surface area contributed by atoms with Crippen molar-refractivity contribution in [2.75, 3.05) is 13.1 Å². The molecule has 0 aromatic carbocycles. The van der Waals surface area contributed by atoms with Gasteiger partial charge in [0.05, 0.1) is 0 Å². The molecule has 0 saturated carbocycles. The summed E-state index contributed by atoms with van der Waals surface area (Å²) >= 11 is 0. The minimum Gasteiger partial charge on any atom is -0.352 e. The second-order valence-electron chi connectivity index (χ2n) is 3.11.